The average Bonchev–Trinajstić information content (AvgIpc) is 3.35. The maximum absolute atomic E-state index is 17.4. The smallest absolute Gasteiger partial charge is 0.319 e. The van der Waals surface area contributed by atoms with Gasteiger partial charge in [-0.25, -0.2) is 8.78 Å². The van der Waals surface area contributed by atoms with Crippen LogP contribution in [0.15, 0.2) is 23.8 Å². The molecule has 5 rings (SSSR count). The van der Waals surface area contributed by atoms with Gasteiger partial charge in [-0.05, 0) is 49.8 Å². The molecule has 0 radical (unpaired) electrons. The predicted octanol–water partition coefficient (Wildman–Crippen LogP) is 3.82. The molecule has 10 atom stereocenters. The highest BCUT2D eigenvalue weighted by Crippen LogP contribution is 2.72. The quantitative estimate of drug-likeness (QED) is 0.525. The minimum Gasteiger partial charge on any atom is -0.465 e. The highest BCUT2D eigenvalue weighted by molar-refractivity contribution is 8.14. The van der Waals surface area contributed by atoms with Gasteiger partial charge in [0.05, 0.1) is 12.7 Å². The van der Waals surface area contributed by atoms with Gasteiger partial charge >= 0.3 is 11.9 Å². The molecule has 6 unspecified atom stereocenters. The van der Waals surface area contributed by atoms with Crippen LogP contribution < -0.4 is 0 Å². The standard InChI is InChI=1S/C28H34F2O7S/c1-5-22(33)37-28(24(35)38-20-7-9-36-23(20)34)14(2)10-16-17-12-19(29)18-11-15(31)6-8-25(18,3)27(17,30)21(32)13-26(16,28)4/h6,8,11,14,16-17,19-21,32H,5,7,9-10,12-13H2,1-4H3/t14?,16-,17-,19?,20?,21?,25-,26-,27?,28?/m0/s1. The first kappa shape index (κ1) is 27.5. The highest BCUT2D eigenvalue weighted by Gasteiger charge is 2.78. The molecule has 4 fully saturated rings. The summed E-state index contributed by atoms with van der Waals surface area (Å²) >= 11 is 0.772. The first-order valence-electron chi connectivity index (χ1n) is 13.3. The molecule has 0 aromatic carbocycles. The van der Waals surface area contributed by atoms with E-state index in [1.165, 1.54) is 19.1 Å². The van der Waals surface area contributed by atoms with Crippen LogP contribution in [0, 0.1) is 28.6 Å². The fourth-order valence-electron chi connectivity index (χ4n) is 8.27. The van der Waals surface area contributed by atoms with Crippen molar-refractivity contribution < 1.29 is 42.5 Å². The maximum atomic E-state index is 17.4. The lowest BCUT2D eigenvalue weighted by molar-refractivity contribution is -0.228. The van der Waals surface area contributed by atoms with Gasteiger partial charge in [0, 0.05) is 35.5 Å². The molecule has 0 aromatic heterocycles. The summed E-state index contributed by atoms with van der Waals surface area (Å²) in [6.07, 6.45) is 0.586. The lowest BCUT2D eigenvalue weighted by atomic mass is 9.44. The van der Waals surface area contributed by atoms with Crippen molar-refractivity contribution >= 4 is 34.6 Å². The Kier molecular flexibility index (Phi) is 6.50. The number of fused-ring (bicyclic) bond motifs is 5. The SMILES string of the molecule is CCC(=O)OC1(C(=O)SC2CCOC2=O)C(C)C[C@H]2[C@@H]3CC(F)C4=CC(=O)C=C[C@]4(C)C3(F)C(O)C[C@@]21C. The molecule has 10 heteroatoms. The molecule has 208 valence electrons. The first-order valence-corrected chi connectivity index (χ1v) is 14.2. The van der Waals surface area contributed by atoms with E-state index in [-0.39, 0.29) is 37.9 Å². The molecule has 0 spiro atoms. The van der Waals surface area contributed by atoms with Crippen LogP contribution in [0.1, 0.15) is 59.8 Å². The van der Waals surface area contributed by atoms with Crippen LogP contribution in [-0.4, -0.2) is 63.3 Å². The Morgan fingerprint density at radius 2 is 1.95 bits per heavy atom. The third-order valence-electron chi connectivity index (χ3n) is 10.2. The van der Waals surface area contributed by atoms with Gasteiger partial charge in [0.2, 0.25) is 5.12 Å². The number of thioether (sulfide) groups is 1. The van der Waals surface area contributed by atoms with Crippen LogP contribution in [0.25, 0.3) is 0 Å². The average molecular weight is 553 g/mol. The number of esters is 2. The third kappa shape index (κ3) is 3.41. The summed E-state index contributed by atoms with van der Waals surface area (Å²) in [4.78, 5) is 51.1. The number of rotatable bonds is 4. The van der Waals surface area contributed by atoms with E-state index in [1.807, 2.05) is 0 Å². The number of aliphatic hydroxyl groups excluding tert-OH is 1. The number of cyclic esters (lactones) is 1. The number of carbonyl (C=O) groups excluding carboxylic acids is 4. The minimum absolute atomic E-state index is 0.00469. The number of aliphatic hydroxyl groups is 1. The van der Waals surface area contributed by atoms with Crippen LogP contribution in [-0.2, 0) is 28.7 Å². The lowest BCUT2D eigenvalue weighted by Gasteiger charge is -2.63. The molecule has 1 N–H and O–H groups in total. The van der Waals surface area contributed by atoms with Crippen molar-refractivity contribution in [2.45, 2.75) is 88.6 Å². The van der Waals surface area contributed by atoms with Gasteiger partial charge < -0.3 is 14.6 Å². The highest BCUT2D eigenvalue weighted by atomic mass is 32.2. The van der Waals surface area contributed by atoms with Gasteiger partial charge in [0.15, 0.2) is 17.1 Å². The second-order valence-electron chi connectivity index (χ2n) is 11.9. The number of hydrogen-bond donors (Lipinski definition) is 1. The third-order valence-corrected chi connectivity index (χ3v) is 11.4. The van der Waals surface area contributed by atoms with Crippen molar-refractivity contribution in [2.75, 3.05) is 6.61 Å². The van der Waals surface area contributed by atoms with Gasteiger partial charge in [0.1, 0.15) is 11.4 Å². The molecule has 4 aliphatic carbocycles. The Labute approximate surface area is 224 Å². The molecule has 1 saturated heterocycles. The molecule has 7 nitrogen and oxygen atoms in total. The van der Waals surface area contributed by atoms with E-state index in [4.69, 9.17) is 9.47 Å². The second kappa shape index (κ2) is 8.98. The predicted molar refractivity (Wildman–Crippen MR) is 134 cm³/mol. The molecular formula is C28H34F2O7S. The summed E-state index contributed by atoms with van der Waals surface area (Å²) < 4.78 is 44.2. The first-order chi connectivity index (χ1) is 17.8. The molecule has 1 aliphatic heterocycles. The van der Waals surface area contributed by atoms with E-state index in [9.17, 15) is 24.3 Å². The van der Waals surface area contributed by atoms with E-state index in [1.54, 1.807) is 20.8 Å². The van der Waals surface area contributed by atoms with Crippen molar-refractivity contribution in [1.82, 2.24) is 0 Å². The molecule has 5 aliphatic rings. The van der Waals surface area contributed by atoms with Crippen LogP contribution in [0.4, 0.5) is 8.78 Å². The van der Waals surface area contributed by atoms with E-state index in [0.717, 1.165) is 17.8 Å². The van der Waals surface area contributed by atoms with Gasteiger partial charge in [-0.1, -0.05) is 38.6 Å². The summed E-state index contributed by atoms with van der Waals surface area (Å²) in [6, 6.07) is 0. The Morgan fingerprint density at radius 1 is 1.24 bits per heavy atom. The van der Waals surface area contributed by atoms with E-state index in [2.05, 4.69) is 0 Å². The molecule has 38 heavy (non-hydrogen) atoms. The fourth-order valence-corrected chi connectivity index (χ4v) is 9.56. The topological polar surface area (TPSA) is 107 Å². The molecule has 0 amide bonds. The van der Waals surface area contributed by atoms with Gasteiger partial charge in [0.25, 0.3) is 0 Å². The van der Waals surface area contributed by atoms with Gasteiger partial charge in [-0.3, -0.25) is 19.2 Å². The fraction of sp³-hybridized carbons (Fsp3) is 0.714. The number of alkyl halides is 2. The second-order valence-corrected chi connectivity index (χ2v) is 13.1. The van der Waals surface area contributed by atoms with Crippen LogP contribution in [0.5, 0.6) is 0 Å². The molecule has 3 saturated carbocycles. The Bertz CT molecular complexity index is 1150. The van der Waals surface area contributed by atoms with Crippen molar-refractivity contribution in [1.29, 1.82) is 0 Å². The monoisotopic (exact) mass is 552 g/mol. The van der Waals surface area contributed by atoms with Gasteiger partial charge in [-0.15, -0.1) is 0 Å². The Hall–Kier alpha value is -2.07. The van der Waals surface area contributed by atoms with Gasteiger partial charge in [-0.2, -0.15) is 0 Å². The summed E-state index contributed by atoms with van der Waals surface area (Å²) in [5.41, 5.74) is -6.81. The zero-order valence-corrected chi connectivity index (χ0v) is 22.8. The zero-order chi connectivity index (χ0) is 27.8. The Balaban J connectivity index is 1.61. The van der Waals surface area contributed by atoms with Crippen molar-refractivity contribution in [3.8, 4) is 0 Å². The lowest BCUT2D eigenvalue weighted by Crippen LogP contribution is -2.70. The summed E-state index contributed by atoms with van der Waals surface area (Å²) in [7, 11) is 0. The van der Waals surface area contributed by atoms with E-state index in [0.29, 0.717) is 6.42 Å². The summed E-state index contributed by atoms with van der Waals surface area (Å²) in [6.45, 7) is 6.78. The van der Waals surface area contributed by atoms with Crippen molar-refractivity contribution in [3.63, 3.8) is 0 Å². The number of ketones is 1. The molecule has 0 aromatic rings. The van der Waals surface area contributed by atoms with Crippen molar-refractivity contribution in [3.05, 3.63) is 23.8 Å². The van der Waals surface area contributed by atoms with E-state index < -0.39 is 80.2 Å². The summed E-state index contributed by atoms with van der Waals surface area (Å²) in [5.74, 6) is -3.76. The molecule has 0 bridgehead atoms. The number of hydrogen-bond acceptors (Lipinski definition) is 8. The minimum atomic E-state index is -2.31. The summed E-state index contributed by atoms with van der Waals surface area (Å²) in [5, 5.41) is 10.3. The van der Waals surface area contributed by atoms with Crippen LogP contribution in [0.3, 0.4) is 0 Å². The normalized spacial score (nSPS) is 47.5. The Morgan fingerprint density at radius 3 is 2.58 bits per heavy atom. The molecule has 1 heterocycles. The largest absolute Gasteiger partial charge is 0.465 e. The van der Waals surface area contributed by atoms with E-state index >= 15 is 8.78 Å². The zero-order valence-electron chi connectivity index (χ0n) is 22.0. The number of ether oxygens (including phenoxy) is 2. The number of halogens is 2. The molecular weight excluding hydrogens is 518 g/mol. The van der Waals surface area contributed by atoms with Crippen LogP contribution in [0.2, 0.25) is 0 Å². The maximum Gasteiger partial charge on any atom is 0.319 e. The van der Waals surface area contributed by atoms with Crippen LogP contribution >= 0.6 is 11.8 Å². The number of allylic oxidation sites excluding steroid dienone is 4. The number of carbonyl (C=O) groups is 4. The van der Waals surface area contributed by atoms with Crippen molar-refractivity contribution in [2.24, 2.45) is 28.6 Å².